The molecular formula is C37H56N2O6Si. The van der Waals surface area contributed by atoms with E-state index in [0.29, 0.717) is 18.8 Å². The van der Waals surface area contributed by atoms with Crippen molar-refractivity contribution in [1.82, 2.24) is 9.55 Å². The zero-order chi connectivity index (χ0) is 33.8. The Morgan fingerprint density at radius 2 is 1.46 bits per heavy atom. The van der Waals surface area contributed by atoms with Gasteiger partial charge in [-0.3, -0.25) is 9.36 Å². The molecule has 0 saturated carbocycles. The van der Waals surface area contributed by atoms with Gasteiger partial charge in [0.1, 0.15) is 18.3 Å². The third-order valence-electron chi connectivity index (χ3n) is 8.37. The van der Waals surface area contributed by atoms with Crippen molar-refractivity contribution in [3.63, 3.8) is 0 Å². The molecular weight excluding hydrogens is 597 g/mol. The quantitative estimate of drug-likeness (QED) is 0.129. The molecule has 3 rings (SSSR count). The van der Waals surface area contributed by atoms with Crippen LogP contribution in [0.4, 0.5) is 0 Å². The van der Waals surface area contributed by atoms with Crippen molar-refractivity contribution in [3.8, 4) is 6.01 Å². The van der Waals surface area contributed by atoms with Crippen molar-refractivity contribution < 1.29 is 23.7 Å². The van der Waals surface area contributed by atoms with E-state index in [9.17, 15) is 9.90 Å². The highest BCUT2D eigenvalue weighted by Crippen LogP contribution is 2.37. The number of aliphatic hydroxyl groups is 1. The molecule has 9 heteroatoms. The molecule has 1 N–H and O–H groups in total. The summed E-state index contributed by atoms with van der Waals surface area (Å²) in [5.41, 5.74) is -1.37. The topological polar surface area (TPSA) is 92.0 Å². The van der Waals surface area contributed by atoms with E-state index >= 15 is 0 Å². The van der Waals surface area contributed by atoms with E-state index in [1.165, 1.54) is 0 Å². The number of aryl methyl sites for hydroxylation is 1. The number of aromatic nitrogens is 2. The monoisotopic (exact) mass is 652 g/mol. The van der Waals surface area contributed by atoms with Gasteiger partial charge in [0.15, 0.2) is 0 Å². The van der Waals surface area contributed by atoms with Crippen molar-refractivity contribution >= 4 is 18.7 Å². The van der Waals surface area contributed by atoms with Gasteiger partial charge < -0.3 is 23.7 Å². The van der Waals surface area contributed by atoms with Gasteiger partial charge in [-0.15, -0.1) is 0 Å². The standard InChI is InChI=1S/C37H56N2O6Si/c1-9-11-23-42-27-37(41,33(43-24-12-10-2)26-44-35-38-34(40)30(5)25-39(35)29(3)4)28-45-46(36(6,7)8,31-19-15-13-16-20-31)32-21-17-14-18-22-32/h13-22,25,29,33,41H,9-12,23-24,26-28H2,1-8H3/t33?,37-/m0/s1. The van der Waals surface area contributed by atoms with Gasteiger partial charge in [-0.2, -0.15) is 4.98 Å². The normalized spacial score (nSPS) is 14.3. The third-order valence-corrected chi connectivity index (χ3v) is 13.4. The van der Waals surface area contributed by atoms with Crippen LogP contribution in [0.25, 0.3) is 0 Å². The number of nitrogens with zero attached hydrogens (tertiary/aromatic N) is 2. The predicted molar refractivity (Wildman–Crippen MR) is 188 cm³/mol. The summed E-state index contributed by atoms with van der Waals surface area (Å²) in [6.45, 7) is 17.4. The van der Waals surface area contributed by atoms with Crippen LogP contribution in [-0.2, 0) is 13.9 Å². The van der Waals surface area contributed by atoms with Crippen molar-refractivity contribution in [2.45, 2.75) is 104 Å². The first-order valence-electron chi connectivity index (χ1n) is 16.8. The Bertz CT molecular complexity index is 1340. The summed E-state index contributed by atoms with van der Waals surface area (Å²) in [6.07, 6.45) is 4.54. The molecule has 0 spiro atoms. The van der Waals surface area contributed by atoms with Crippen LogP contribution in [0.3, 0.4) is 0 Å². The Balaban J connectivity index is 2.08. The highest BCUT2D eigenvalue weighted by Gasteiger charge is 2.52. The number of unbranched alkanes of at least 4 members (excludes halogenated alkanes) is 2. The summed E-state index contributed by atoms with van der Waals surface area (Å²) < 4.78 is 27.8. The largest absolute Gasteiger partial charge is 0.462 e. The molecule has 2 aromatic carbocycles. The van der Waals surface area contributed by atoms with Crippen LogP contribution in [0.5, 0.6) is 6.01 Å². The van der Waals surface area contributed by atoms with Crippen molar-refractivity contribution in [3.05, 3.63) is 82.8 Å². The van der Waals surface area contributed by atoms with E-state index in [0.717, 1.165) is 36.1 Å². The number of ether oxygens (including phenoxy) is 3. The number of rotatable bonds is 19. The number of hydrogen-bond acceptors (Lipinski definition) is 7. The summed E-state index contributed by atoms with van der Waals surface area (Å²) >= 11 is 0. The zero-order valence-corrected chi connectivity index (χ0v) is 30.3. The lowest BCUT2D eigenvalue weighted by atomic mass is 9.99. The smallest absolute Gasteiger partial charge is 0.300 e. The number of benzene rings is 2. The summed E-state index contributed by atoms with van der Waals surface area (Å²) in [7, 11) is -2.99. The molecule has 8 nitrogen and oxygen atoms in total. The Hall–Kier alpha value is -2.82. The second-order valence-corrected chi connectivity index (χ2v) is 17.8. The fourth-order valence-corrected chi connectivity index (χ4v) is 10.2. The molecule has 0 fully saturated rings. The molecule has 0 amide bonds. The van der Waals surface area contributed by atoms with E-state index in [1.54, 1.807) is 13.1 Å². The van der Waals surface area contributed by atoms with Gasteiger partial charge in [0.25, 0.3) is 19.9 Å². The van der Waals surface area contributed by atoms with E-state index in [-0.39, 0.29) is 42.5 Å². The minimum Gasteiger partial charge on any atom is -0.462 e. The van der Waals surface area contributed by atoms with Crippen LogP contribution in [0.15, 0.2) is 71.7 Å². The van der Waals surface area contributed by atoms with Gasteiger partial charge in [-0.1, -0.05) is 108 Å². The second kappa shape index (κ2) is 17.4. The van der Waals surface area contributed by atoms with Gasteiger partial charge in [-0.05, 0) is 49.0 Å². The van der Waals surface area contributed by atoms with Crippen LogP contribution < -0.4 is 20.7 Å². The molecule has 1 aromatic heterocycles. The Morgan fingerprint density at radius 1 is 0.891 bits per heavy atom. The molecule has 46 heavy (non-hydrogen) atoms. The molecule has 1 unspecified atom stereocenters. The average Bonchev–Trinajstić information content (AvgIpc) is 3.03. The van der Waals surface area contributed by atoms with Crippen LogP contribution in [0.2, 0.25) is 5.04 Å². The van der Waals surface area contributed by atoms with Crippen LogP contribution in [0, 0.1) is 6.92 Å². The molecule has 254 valence electrons. The first kappa shape index (κ1) is 37.6. The molecule has 2 atom stereocenters. The highest BCUT2D eigenvalue weighted by atomic mass is 28.4. The van der Waals surface area contributed by atoms with Gasteiger partial charge >= 0.3 is 0 Å². The molecule has 1 heterocycles. The van der Waals surface area contributed by atoms with Gasteiger partial charge in [-0.25, -0.2) is 0 Å². The van der Waals surface area contributed by atoms with E-state index in [4.69, 9.17) is 18.6 Å². The first-order chi connectivity index (χ1) is 21.9. The van der Waals surface area contributed by atoms with Crippen LogP contribution in [0.1, 0.15) is 85.8 Å². The lowest BCUT2D eigenvalue weighted by Crippen LogP contribution is -2.68. The van der Waals surface area contributed by atoms with E-state index in [2.05, 4.69) is 63.9 Å². The Labute approximate surface area is 277 Å². The van der Waals surface area contributed by atoms with Gasteiger partial charge in [0, 0.05) is 31.0 Å². The summed E-state index contributed by atoms with van der Waals surface area (Å²) in [5.74, 6) is 0. The minimum atomic E-state index is -2.99. The summed E-state index contributed by atoms with van der Waals surface area (Å²) in [5, 5.41) is 14.6. The molecule has 0 aliphatic heterocycles. The molecule has 0 aliphatic rings. The van der Waals surface area contributed by atoms with Crippen molar-refractivity contribution in [1.29, 1.82) is 0 Å². The summed E-state index contributed by atoms with van der Waals surface area (Å²) in [4.78, 5) is 16.7. The predicted octanol–water partition coefficient (Wildman–Crippen LogP) is 5.82. The molecule has 0 radical (unpaired) electrons. The van der Waals surface area contributed by atoms with E-state index < -0.39 is 20.0 Å². The molecule has 3 aromatic rings. The fraction of sp³-hybridized carbons (Fsp3) is 0.568. The van der Waals surface area contributed by atoms with Crippen LogP contribution >= 0.6 is 0 Å². The molecule has 0 saturated heterocycles. The summed E-state index contributed by atoms with van der Waals surface area (Å²) in [6, 6.07) is 20.9. The van der Waals surface area contributed by atoms with Crippen molar-refractivity contribution in [2.75, 3.05) is 33.0 Å². The van der Waals surface area contributed by atoms with Crippen LogP contribution in [-0.4, -0.2) is 67.7 Å². The Kier molecular flexibility index (Phi) is 14.2. The minimum absolute atomic E-state index is 0.00364. The fourth-order valence-electron chi connectivity index (χ4n) is 5.62. The maximum Gasteiger partial charge on any atom is 0.300 e. The van der Waals surface area contributed by atoms with Gasteiger partial charge in [0.2, 0.25) is 0 Å². The SMILES string of the molecule is CCCCOC[C@](O)(CO[Si](c1ccccc1)(c1ccccc1)C(C)(C)C)C(COc1nc(=O)c(C)cn1C(C)C)OCCCC. The molecule has 0 bridgehead atoms. The maximum atomic E-state index is 12.6. The van der Waals surface area contributed by atoms with E-state index in [1.807, 2.05) is 54.8 Å². The third kappa shape index (κ3) is 9.38. The van der Waals surface area contributed by atoms with Gasteiger partial charge in [0.05, 0.1) is 13.2 Å². The maximum absolute atomic E-state index is 12.6. The highest BCUT2D eigenvalue weighted by molar-refractivity contribution is 6.99. The average molecular weight is 653 g/mol. The zero-order valence-electron chi connectivity index (χ0n) is 29.3. The van der Waals surface area contributed by atoms with Crippen molar-refractivity contribution in [2.24, 2.45) is 0 Å². The Morgan fingerprint density at radius 3 is 1.98 bits per heavy atom. The first-order valence-corrected chi connectivity index (χ1v) is 18.7. The molecule has 0 aliphatic carbocycles. The number of hydrogen-bond donors (Lipinski definition) is 1. The second-order valence-electron chi connectivity index (χ2n) is 13.5. The lowest BCUT2D eigenvalue weighted by molar-refractivity contribution is -0.170. The lowest BCUT2D eigenvalue weighted by Gasteiger charge is -2.45.